The Morgan fingerprint density at radius 1 is 1.02 bits per heavy atom. The van der Waals surface area contributed by atoms with Crippen LogP contribution in [-0.2, 0) is 19.2 Å². The Balaban J connectivity index is 1.63. The van der Waals surface area contributed by atoms with Gasteiger partial charge in [0, 0.05) is 11.5 Å². The Morgan fingerprint density at radius 3 is 2.24 bits per heavy atom. The zero-order valence-electron chi connectivity index (χ0n) is 22.4. The van der Waals surface area contributed by atoms with E-state index in [1.807, 2.05) is 0 Å². The Morgan fingerprint density at radius 2 is 1.66 bits per heavy atom. The van der Waals surface area contributed by atoms with Gasteiger partial charge in [-0.3, -0.25) is 28.9 Å². The van der Waals surface area contributed by atoms with Gasteiger partial charge in [-0.25, -0.2) is 4.39 Å². The van der Waals surface area contributed by atoms with Gasteiger partial charge in [-0.15, -0.1) is 0 Å². The molecular formula is C30H29FN2O8. The van der Waals surface area contributed by atoms with E-state index < -0.39 is 87.9 Å². The molecule has 5 N–H and O–H groups in total. The van der Waals surface area contributed by atoms with Crippen molar-refractivity contribution in [3.63, 3.8) is 0 Å². The van der Waals surface area contributed by atoms with Crippen molar-refractivity contribution in [3.8, 4) is 5.75 Å². The van der Waals surface area contributed by atoms with E-state index in [1.165, 1.54) is 49.3 Å². The number of halogens is 1. The Bertz CT molecular complexity index is 1530. The molecule has 3 aliphatic rings. The van der Waals surface area contributed by atoms with E-state index in [2.05, 4.69) is 0 Å². The number of rotatable bonds is 4. The highest BCUT2D eigenvalue weighted by Crippen LogP contribution is 2.54. The molecule has 5 rings (SSSR count). The molecule has 2 saturated carbocycles. The molecule has 2 aromatic rings. The SMILES string of the molecule is C[C@@H]1c2ccc(C=Cc3ccc(F)cc3)c(O)c2C(=O)C2C(=O)[C@@]3(O)C(=O)C(C(N)=O)C(=O)[C@H](N(C)C)[C@H]3[C@H](O)[C@H]21. The lowest BCUT2D eigenvalue weighted by atomic mass is 9.49. The summed E-state index contributed by atoms with van der Waals surface area (Å²) < 4.78 is 13.2. The first-order chi connectivity index (χ1) is 19.2. The zero-order valence-corrected chi connectivity index (χ0v) is 22.4. The third-order valence-corrected chi connectivity index (χ3v) is 8.85. The number of hydrogen-bond donors (Lipinski definition) is 4. The van der Waals surface area contributed by atoms with E-state index >= 15 is 0 Å². The van der Waals surface area contributed by atoms with E-state index in [9.17, 15) is 43.7 Å². The molecule has 0 saturated heterocycles. The number of nitrogens with two attached hydrogens (primary N) is 1. The lowest BCUT2D eigenvalue weighted by Crippen LogP contribution is -2.77. The molecule has 0 heterocycles. The monoisotopic (exact) mass is 564 g/mol. The summed E-state index contributed by atoms with van der Waals surface area (Å²) in [6, 6.07) is 7.28. The van der Waals surface area contributed by atoms with Crippen molar-refractivity contribution in [1.82, 2.24) is 4.90 Å². The lowest BCUT2D eigenvalue weighted by molar-refractivity contribution is -0.196. The molecule has 0 bridgehead atoms. The number of ketones is 4. The number of aliphatic hydroxyl groups is 2. The second-order valence-electron chi connectivity index (χ2n) is 11.2. The summed E-state index contributed by atoms with van der Waals surface area (Å²) in [6.07, 6.45) is 1.40. The summed E-state index contributed by atoms with van der Waals surface area (Å²) in [6.45, 7) is 1.64. The van der Waals surface area contributed by atoms with E-state index in [1.54, 1.807) is 25.1 Å². The molecule has 2 unspecified atom stereocenters. The zero-order chi connectivity index (χ0) is 30.1. The van der Waals surface area contributed by atoms with Crippen LogP contribution in [0.3, 0.4) is 0 Å². The van der Waals surface area contributed by atoms with Gasteiger partial charge in [0.2, 0.25) is 5.91 Å². The maximum absolute atomic E-state index is 14.0. The van der Waals surface area contributed by atoms with Gasteiger partial charge in [-0.2, -0.15) is 0 Å². The normalized spacial score (nSPS) is 33.1. The smallest absolute Gasteiger partial charge is 0.235 e. The minimum absolute atomic E-state index is 0.197. The van der Waals surface area contributed by atoms with Gasteiger partial charge in [0.1, 0.15) is 11.6 Å². The topological polar surface area (TPSA) is 175 Å². The summed E-state index contributed by atoms with van der Waals surface area (Å²) in [5, 5.41) is 34.5. The predicted molar refractivity (Wildman–Crippen MR) is 143 cm³/mol. The summed E-state index contributed by atoms with van der Waals surface area (Å²) in [5.74, 6) is -14.2. The molecule has 0 aliphatic heterocycles. The number of nitrogens with zero attached hydrogens (tertiary/aromatic N) is 1. The largest absolute Gasteiger partial charge is 0.507 e. The number of aromatic hydroxyl groups is 1. The Hall–Kier alpha value is -4.06. The molecule has 8 atom stereocenters. The third kappa shape index (κ3) is 3.98. The molecule has 0 radical (unpaired) electrons. The van der Waals surface area contributed by atoms with Crippen LogP contribution in [-0.4, -0.2) is 81.1 Å². The van der Waals surface area contributed by atoms with Crippen LogP contribution in [0.5, 0.6) is 5.75 Å². The number of likely N-dealkylation sites (N-methyl/N-ethyl adjacent to an activating group) is 1. The van der Waals surface area contributed by atoms with Crippen molar-refractivity contribution in [1.29, 1.82) is 0 Å². The van der Waals surface area contributed by atoms with Crippen LogP contribution < -0.4 is 5.73 Å². The molecule has 0 spiro atoms. The van der Waals surface area contributed by atoms with Crippen LogP contribution in [0.2, 0.25) is 0 Å². The number of fused-ring (bicyclic) bond motifs is 3. The van der Waals surface area contributed by atoms with Crippen LogP contribution in [0.15, 0.2) is 36.4 Å². The van der Waals surface area contributed by atoms with Crippen molar-refractivity contribution < 1.29 is 43.7 Å². The van der Waals surface area contributed by atoms with Crippen LogP contribution in [0.4, 0.5) is 4.39 Å². The maximum Gasteiger partial charge on any atom is 0.235 e. The number of primary amides is 1. The molecular weight excluding hydrogens is 535 g/mol. The highest BCUT2D eigenvalue weighted by atomic mass is 19.1. The number of benzene rings is 2. The average molecular weight is 565 g/mol. The highest BCUT2D eigenvalue weighted by molar-refractivity contribution is 6.32. The molecule has 2 aromatic carbocycles. The molecule has 3 aliphatic carbocycles. The minimum atomic E-state index is -3.05. The van der Waals surface area contributed by atoms with Crippen molar-refractivity contribution in [3.05, 3.63) is 64.5 Å². The molecule has 11 heteroatoms. The third-order valence-electron chi connectivity index (χ3n) is 8.85. The molecule has 10 nitrogen and oxygen atoms in total. The molecule has 1 amide bonds. The standard InChI is InChI=1S/C30H29FN2O8/c1-12-16-11-8-14(7-4-13-5-9-15(31)10-6-13)23(34)18(16)24(35)19-17(12)25(36)21-22(33(2)3)26(37)20(29(32)40)28(39)30(21,41)27(19)38/h4-12,17,19-22,25,34,36,41H,1-3H3,(H2,32,40)/t12-,17+,19?,20?,21+,22-,25-,30-/m1/s1. The first-order valence-corrected chi connectivity index (χ1v) is 13.1. The fourth-order valence-electron chi connectivity index (χ4n) is 6.90. The quantitative estimate of drug-likeness (QED) is 0.308. The van der Waals surface area contributed by atoms with Gasteiger partial charge in [-0.05, 0) is 43.3 Å². The maximum atomic E-state index is 14.0. The van der Waals surface area contributed by atoms with Gasteiger partial charge in [-0.1, -0.05) is 43.3 Å². The van der Waals surface area contributed by atoms with Gasteiger partial charge < -0.3 is 21.1 Å². The van der Waals surface area contributed by atoms with Crippen LogP contribution in [0, 0.1) is 29.5 Å². The highest BCUT2D eigenvalue weighted by Gasteiger charge is 2.72. The summed E-state index contributed by atoms with van der Waals surface area (Å²) in [4.78, 5) is 68.0. The number of carbonyl (C=O) groups excluding carboxylic acids is 5. The summed E-state index contributed by atoms with van der Waals surface area (Å²) >= 11 is 0. The minimum Gasteiger partial charge on any atom is -0.507 e. The first kappa shape index (κ1) is 28.5. The first-order valence-electron chi connectivity index (χ1n) is 13.1. The Labute approximate surface area is 234 Å². The van der Waals surface area contributed by atoms with Crippen molar-refractivity contribution in [2.24, 2.45) is 29.4 Å². The van der Waals surface area contributed by atoms with E-state index in [4.69, 9.17) is 5.73 Å². The second-order valence-corrected chi connectivity index (χ2v) is 11.2. The van der Waals surface area contributed by atoms with Crippen molar-refractivity contribution >= 4 is 41.2 Å². The van der Waals surface area contributed by atoms with E-state index in [0.29, 0.717) is 11.1 Å². The summed E-state index contributed by atoms with van der Waals surface area (Å²) in [5.41, 5.74) is 3.25. The average Bonchev–Trinajstić information content (AvgIpc) is 2.90. The van der Waals surface area contributed by atoms with Crippen molar-refractivity contribution in [2.45, 2.75) is 30.6 Å². The van der Waals surface area contributed by atoms with E-state index in [0.717, 1.165) is 0 Å². The van der Waals surface area contributed by atoms with E-state index in [-0.39, 0.29) is 11.1 Å². The molecule has 214 valence electrons. The van der Waals surface area contributed by atoms with Crippen molar-refractivity contribution in [2.75, 3.05) is 14.1 Å². The van der Waals surface area contributed by atoms with Gasteiger partial charge in [0.25, 0.3) is 0 Å². The fraction of sp³-hybridized carbons (Fsp3) is 0.367. The predicted octanol–water partition coefficient (Wildman–Crippen LogP) is 0.708. The lowest BCUT2D eigenvalue weighted by Gasteiger charge is -2.56. The number of hydrogen-bond acceptors (Lipinski definition) is 9. The molecule has 0 aromatic heterocycles. The van der Waals surface area contributed by atoms with Crippen LogP contribution in [0.1, 0.15) is 39.9 Å². The molecule has 2 fully saturated rings. The number of carbonyl (C=O) groups is 5. The number of phenolic OH excluding ortho intramolecular Hbond substituents is 1. The molecule has 41 heavy (non-hydrogen) atoms. The number of phenols is 1. The summed E-state index contributed by atoms with van der Waals surface area (Å²) in [7, 11) is 2.87. The van der Waals surface area contributed by atoms with Gasteiger partial charge in [0.15, 0.2) is 34.7 Å². The van der Waals surface area contributed by atoms with Crippen LogP contribution in [0.25, 0.3) is 12.2 Å². The van der Waals surface area contributed by atoms with Crippen LogP contribution >= 0.6 is 0 Å². The number of aliphatic hydroxyl groups excluding tert-OH is 1. The Kier molecular flexibility index (Phi) is 6.80. The second kappa shape index (κ2) is 9.79. The fourth-order valence-corrected chi connectivity index (χ4v) is 6.90. The van der Waals surface area contributed by atoms with Gasteiger partial charge in [0.05, 0.1) is 29.5 Å². The van der Waals surface area contributed by atoms with Gasteiger partial charge >= 0.3 is 0 Å². The number of Topliss-reactive ketones (excluding diaryl/α,β-unsaturated/α-hetero) is 4. The number of amides is 1.